The number of methoxy groups -OCH3 is 1. The van der Waals surface area contributed by atoms with Gasteiger partial charge in [-0.05, 0) is 42.0 Å². The molecular formula is C25H25N3O4. The molecule has 0 aromatic heterocycles. The van der Waals surface area contributed by atoms with E-state index in [1.165, 1.54) is 4.90 Å². The summed E-state index contributed by atoms with van der Waals surface area (Å²) in [7, 11) is 1.60. The van der Waals surface area contributed by atoms with Gasteiger partial charge in [-0.25, -0.2) is 4.79 Å². The van der Waals surface area contributed by atoms with E-state index in [9.17, 15) is 14.4 Å². The molecule has 1 heterocycles. The number of imide groups is 1. The Bertz CT molecular complexity index is 1140. The molecule has 1 aliphatic heterocycles. The third-order valence-corrected chi connectivity index (χ3v) is 5.61. The van der Waals surface area contributed by atoms with Crippen LogP contribution in [0, 0.1) is 0 Å². The molecule has 2 N–H and O–H groups in total. The average Bonchev–Trinajstić information content (AvgIpc) is 3.09. The minimum absolute atomic E-state index is 0.131. The van der Waals surface area contributed by atoms with E-state index < -0.39 is 12.1 Å². The third-order valence-electron chi connectivity index (χ3n) is 5.61. The van der Waals surface area contributed by atoms with E-state index in [2.05, 4.69) is 10.6 Å². The molecule has 0 spiro atoms. The van der Waals surface area contributed by atoms with Crippen molar-refractivity contribution < 1.29 is 19.1 Å². The lowest BCUT2D eigenvalue weighted by Crippen LogP contribution is -2.33. The summed E-state index contributed by atoms with van der Waals surface area (Å²) in [5.74, 6) is 0.271. The van der Waals surface area contributed by atoms with Crippen LogP contribution in [-0.2, 0) is 16.0 Å². The van der Waals surface area contributed by atoms with Crippen LogP contribution in [0.2, 0.25) is 0 Å². The van der Waals surface area contributed by atoms with Crippen LogP contribution in [0.15, 0.2) is 66.7 Å². The van der Waals surface area contributed by atoms with E-state index in [0.29, 0.717) is 6.42 Å². The van der Waals surface area contributed by atoms with Gasteiger partial charge in [0.25, 0.3) is 5.91 Å². The lowest BCUT2D eigenvalue weighted by atomic mass is 10.1. The molecule has 1 fully saturated rings. The largest absolute Gasteiger partial charge is 0.497 e. The molecule has 1 atom stereocenters. The molecule has 0 unspecified atom stereocenters. The number of nitrogens with zero attached hydrogens (tertiary/aromatic N) is 1. The molecule has 1 aliphatic rings. The van der Waals surface area contributed by atoms with Crippen molar-refractivity contribution >= 4 is 34.3 Å². The fourth-order valence-corrected chi connectivity index (χ4v) is 3.84. The predicted octanol–water partition coefficient (Wildman–Crippen LogP) is 3.73. The molecule has 0 radical (unpaired) electrons. The van der Waals surface area contributed by atoms with Gasteiger partial charge in [-0.2, -0.15) is 0 Å². The predicted molar refractivity (Wildman–Crippen MR) is 123 cm³/mol. The smallest absolute Gasteiger partial charge is 0.324 e. The van der Waals surface area contributed by atoms with E-state index in [4.69, 9.17) is 4.74 Å². The lowest BCUT2D eigenvalue weighted by Gasteiger charge is -2.13. The molecule has 0 saturated carbocycles. The highest BCUT2D eigenvalue weighted by Crippen LogP contribution is 2.23. The van der Waals surface area contributed by atoms with Gasteiger partial charge in [-0.1, -0.05) is 48.5 Å². The number of carbonyl (C=O) groups is 3. The molecule has 7 nitrogen and oxygen atoms in total. The minimum atomic E-state index is -0.684. The lowest BCUT2D eigenvalue weighted by molar-refractivity contribution is -0.127. The first-order chi connectivity index (χ1) is 15.5. The van der Waals surface area contributed by atoms with Crippen molar-refractivity contribution in [1.82, 2.24) is 10.2 Å². The van der Waals surface area contributed by atoms with Crippen LogP contribution >= 0.6 is 0 Å². The Morgan fingerprint density at radius 1 is 1.03 bits per heavy atom. The Balaban J connectivity index is 1.30. The number of anilines is 1. The normalized spacial score (nSPS) is 15.7. The molecule has 0 aliphatic carbocycles. The highest BCUT2D eigenvalue weighted by Gasteiger charge is 2.37. The van der Waals surface area contributed by atoms with Gasteiger partial charge in [0, 0.05) is 24.0 Å². The van der Waals surface area contributed by atoms with Crippen molar-refractivity contribution in [2.24, 2.45) is 0 Å². The number of nitrogens with one attached hydrogen (secondary N) is 2. The first kappa shape index (κ1) is 21.4. The molecule has 1 saturated heterocycles. The van der Waals surface area contributed by atoms with E-state index in [1.807, 2.05) is 66.7 Å². The van der Waals surface area contributed by atoms with Gasteiger partial charge in [0.15, 0.2) is 0 Å². The van der Waals surface area contributed by atoms with E-state index in [0.717, 1.165) is 27.8 Å². The molecule has 164 valence electrons. The summed E-state index contributed by atoms with van der Waals surface area (Å²) in [5.41, 5.74) is 1.74. The molecule has 4 rings (SSSR count). The molecule has 3 aromatic rings. The fourth-order valence-electron chi connectivity index (χ4n) is 3.84. The van der Waals surface area contributed by atoms with Gasteiger partial charge in [0.2, 0.25) is 5.91 Å². The minimum Gasteiger partial charge on any atom is -0.497 e. The Kier molecular flexibility index (Phi) is 6.35. The van der Waals surface area contributed by atoms with Crippen LogP contribution in [0.25, 0.3) is 10.8 Å². The topological polar surface area (TPSA) is 87.7 Å². The van der Waals surface area contributed by atoms with Gasteiger partial charge < -0.3 is 15.4 Å². The summed E-state index contributed by atoms with van der Waals surface area (Å²) in [6.07, 6.45) is 0.934. The van der Waals surface area contributed by atoms with Crippen LogP contribution in [-0.4, -0.2) is 42.4 Å². The Morgan fingerprint density at radius 2 is 1.78 bits per heavy atom. The number of benzene rings is 3. The average molecular weight is 431 g/mol. The zero-order valence-corrected chi connectivity index (χ0v) is 17.8. The summed E-state index contributed by atoms with van der Waals surface area (Å²) in [6, 6.07) is 19.9. The Morgan fingerprint density at radius 3 is 2.56 bits per heavy atom. The number of hydrogen-bond acceptors (Lipinski definition) is 4. The summed E-state index contributed by atoms with van der Waals surface area (Å²) >= 11 is 0. The summed E-state index contributed by atoms with van der Waals surface area (Å²) < 4.78 is 5.14. The van der Waals surface area contributed by atoms with E-state index >= 15 is 0 Å². The zero-order chi connectivity index (χ0) is 22.5. The number of rotatable bonds is 8. The second kappa shape index (κ2) is 9.51. The number of urea groups is 1. The van der Waals surface area contributed by atoms with Crippen molar-refractivity contribution in [3.63, 3.8) is 0 Å². The molecular weight excluding hydrogens is 406 g/mol. The van der Waals surface area contributed by atoms with Crippen molar-refractivity contribution in [3.8, 4) is 5.75 Å². The molecule has 3 aromatic carbocycles. The molecule has 4 amide bonds. The summed E-state index contributed by atoms with van der Waals surface area (Å²) in [4.78, 5) is 38.7. The number of hydrogen-bond donors (Lipinski definition) is 2. The fraction of sp³-hybridized carbons (Fsp3) is 0.240. The second-order valence-electron chi connectivity index (χ2n) is 7.70. The number of carbonyl (C=O) groups excluding carboxylic acids is 3. The van der Waals surface area contributed by atoms with Crippen molar-refractivity contribution in [2.75, 3.05) is 19.0 Å². The quantitative estimate of drug-likeness (QED) is 0.532. The summed E-state index contributed by atoms with van der Waals surface area (Å²) in [6.45, 7) is 0.287. The third kappa shape index (κ3) is 4.72. The van der Waals surface area contributed by atoms with E-state index in [-0.39, 0.29) is 31.2 Å². The number of ether oxygens (including phenoxy) is 1. The first-order valence-electron chi connectivity index (χ1n) is 10.6. The zero-order valence-electron chi connectivity index (χ0n) is 17.8. The maximum Gasteiger partial charge on any atom is 0.324 e. The molecule has 7 heteroatoms. The maximum atomic E-state index is 12.7. The van der Waals surface area contributed by atoms with Crippen LogP contribution < -0.4 is 15.4 Å². The number of fused-ring (bicyclic) bond motifs is 1. The molecule has 32 heavy (non-hydrogen) atoms. The van der Waals surface area contributed by atoms with Gasteiger partial charge in [-0.3, -0.25) is 14.5 Å². The monoisotopic (exact) mass is 431 g/mol. The number of amides is 4. The summed E-state index contributed by atoms with van der Waals surface area (Å²) in [5, 5.41) is 7.60. The second-order valence-corrected chi connectivity index (χ2v) is 7.70. The Labute approximate surface area is 186 Å². The van der Waals surface area contributed by atoms with Gasteiger partial charge in [-0.15, -0.1) is 0 Å². The van der Waals surface area contributed by atoms with Crippen LogP contribution in [0.4, 0.5) is 10.5 Å². The Hall–Kier alpha value is -3.87. The van der Waals surface area contributed by atoms with Gasteiger partial charge in [0.05, 0.1) is 7.11 Å². The van der Waals surface area contributed by atoms with Crippen LogP contribution in [0.3, 0.4) is 0 Å². The van der Waals surface area contributed by atoms with E-state index in [1.54, 1.807) is 7.11 Å². The van der Waals surface area contributed by atoms with Crippen LogP contribution in [0.1, 0.15) is 18.4 Å². The highest BCUT2D eigenvalue weighted by molar-refractivity contribution is 6.05. The van der Waals surface area contributed by atoms with Crippen LogP contribution in [0.5, 0.6) is 5.75 Å². The standard InChI is InChI=1S/C25H25N3O4/c1-32-19-11-9-17(10-12-19)15-16-28-24(30)22(27-25(28)31)13-14-23(29)26-21-8-4-6-18-5-2-3-7-20(18)21/h2-12,22H,13-16H2,1H3,(H,26,29)(H,27,31)/t22-/m0/s1. The van der Waals surface area contributed by atoms with Crippen molar-refractivity contribution in [1.29, 1.82) is 0 Å². The SMILES string of the molecule is COc1ccc(CCN2C(=O)N[C@@H](CCC(=O)Nc3cccc4ccccc34)C2=O)cc1. The van der Waals surface area contributed by atoms with Crippen molar-refractivity contribution in [3.05, 3.63) is 72.3 Å². The first-order valence-corrected chi connectivity index (χ1v) is 10.6. The van der Waals surface area contributed by atoms with Gasteiger partial charge in [0.1, 0.15) is 11.8 Å². The molecule has 0 bridgehead atoms. The highest BCUT2D eigenvalue weighted by atomic mass is 16.5. The maximum absolute atomic E-state index is 12.7. The van der Waals surface area contributed by atoms with Gasteiger partial charge >= 0.3 is 6.03 Å². The van der Waals surface area contributed by atoms with Crippen molar-refractivity contribution in [2.45, 2.75) is 25.3 Å².